The van der Waals surface area contributed by atoms with Crippen molar-refractivity contribution in [3.63, 3.8) is 0 Å². The van der Waals surface area contributed by atoms with E-state index >= 15 is 0 Å². The number of ether oxygens (including phenoxy) is 2. The second-order valence-electron chi connectivity index (χ2n) is 10.4. The van der Waals surface area contributed by atoms with Gasteiger partial charge in [0.05, 0.1) is 24.4 Å². The maximum Gasteiger partial charge on any atom is 0.139 e. The number of hydrogen-bond acceptors (Lipinski definition) is 5. The van der Waals surface area contributed by atoms with Crippen molar-refractivity contribution in [3.8, 4) is 11.5 Å². The zero-order chi connectivity index (χ0) is 25.9. The fourth-order valence-electron chi connectivity index (χ4n) is 5.99. The molecule has 198 valence electrons. The van der Waals surface area contributed by atoms with Gasteiger partial charge in [-0.3, -0.25) is 9.58 Å². The highest BCUT2D eigenvalue weighted by Crippen LogP contribution is 2.40. The Morgan fingerprint density at radius 3 is 2.65 bits per heavy atom. The number of aryl methyl sites for hydroxylation is 2. The number of halogens is 1. The Bertz CT molecular complexity index is 1230. The van der Waals surface area contributed by atoms with Crippen molar-refractivity contribution in [1.82, 2.24) is 14.7 Å². The SMILES string of the molecule is COc1cc(N2CCN3[C@@H](CCC[C@@H]3c3ccc(OCCCn4ccc(C)n4)c(C)c3C)C2)ccc1Cl. The van der Waals surface area contributed by atoms with Crippen molar-refractivity contribution in [3.05, 3.63) is 70.0 Å². The van der Waals surface area contributed by atoms with Crippen molar-refractivity contribution < 1.29 is 9.47 Å². The lowest BCUT2D eigenvalue weighted by molar-refractivity contribution is 0.0712. The molecule has 0 N–H and O–H groups in total. The minimum absolute atomic E-state index is 0.469. The highest BCUT2D eigenvalue weighted by atomic mass is 35.5. The number of benzene rings is 2. The molecule has 7 heteroatoms. The van der Waals surface area contributed by atoms with Crippen LogP contribution in [0.2, 0.25) is 5.02 Å². The van der Waals surface area contributed by atoms with Gasteiger partial charge in [0.25, 0.3) is 0 Å². The van der Waals surface area contributed by atoms with Crippen LogP contribution < -0.4 is 14.4 Å². The number of hydrogen-bond donors (Lipinski definition) is 0. The summed E-state index contributed by atoms with van der Waals surface area (Å²) in [6.07, 6.45) is 6.69. The molecule has 3 heterocycles. The van der Waals surface area contributed by atoms with E-state index in [-0.39, 0.29) is 0 Å². The monoisotopic (exact) mass is 522 g/mol. The van der Waals surface area contributed by atoms with Gasteiger partial charge < -0.3 is 14.4 Å². The second kappa shape index (κ2) is 11.4. The summed E-state index contributed by atoms with van der Waals surface area (Å²) in [4.78, 5) is 5.24. The van der Waals surface area contributed by atoms with Gasteiger partial charge in [-0.1, -0.05) is 17.7 Å². The second-order valence-corrected chi connectivity index (χ2v) is 10.8. The summed E-state index contributed by atoms with van der Waals surface area (Å²) < 4.78 is 13.7. The van der Waals surface area contributed by atoms with Gasteiger partial charge in [0, 0.05) is 62.6 Å². The molecule has 2 fully saturated rings. The molecule has 2 atom stereocenters. The van der Waals surface area contributed by atoms with E-state index in [1.807, 2.05) is 29.9 Å². The van der Waals surface area contributed by atoms with E-state index in [9.17, 15) is 0 Å². The fraction of sp³-hybridized carbons (Fsp3) is 0.500. The van der Waals surface area contributed by atoms with E-state index < -0.39 is 0 Å². The van der Waals surface area contributed by atoms with Gasteiger partial charge in [0.1, 0.15) is 11.5 Å². The number of rotatable bonds is 8. The Morgan fingerprint density at radius 1 is 1.00 bits per heavy atom. The van der Waals surface area contributed by atoms with Gasteiger partial charge in [-0.15, -0.1) is 0 Å². The molecule has 0 aliphatic carbocycles. The van der Waals surface area contributed by atoms with Gasteiger partial charge in [-0.05, 0) is 81.0 Å². The Hall–Kier alpha value is -2.70. The highest BCUT2D eigenvalue weighted by molar-refractivity contribution is 6.32. The molecule has 2 aromatic carbocycles. The average Bonchev–Trinajstić information content (AvgIpc) is 3.33. The molecule has 1 aromatic heterocycles. The zero-order valence-electron chi connectivity index (χ0n) is 22.5. The number of nitrogens with zero attached hydrogens (tertiary/aromatic N) is 4. The van der Waals surface area contributed by atoms with Crippen molar-refractivity contribution in [2.75, 3.05) is 38.3 Å². The van der Waals surface area contributed by atoms with Gasteiger partial charge in [-0.2, -0.15) is 5.10 Å². The third kappa shape index (κ3) is 5.60. The van der Waals surface area contributed by atoms with Crippen molar-refractivity contribution in [2.45, 2.75) is 65.1 Å². The molecule has 2 saturated heterocycles. The van der Waals surface area contributed by atoms with E-state index in [4.69, 9.17) is 21.1 Å². The normalized spacial score (nSPS) is 20.1. The maximum atomic E-state index is 6.27. The van der Waals surface area contributed by atoms with E-state index in [0.29, 0.717) is 23.7 Å². The first-order valence-corrected chi connectivity index (χ1v) is 13.9. The largest absolute Gasteiger partial charge is 0.495 e. The van der Waals surface area contributed by atoms with Crippen LogP contribution in [-0.4, -0.2) is 54.1 Å². The predicted octanol–water partition coefficient (Wildman–Crippen LogP) is 6.36. The van der Waals surface area contributed by atoms with Crippen LogP contribution in [0.3, 0.4) is 0 Å². The lowest BCUT2D eigenvalue weighted by Gasteiger charge is -2.49. The Labute approximate surface area is 226 Å². The molecule has 2 aliphatic rings. The molecule has 37 heavy (non-hydrogen) atoms. The van der Waals surface area contributed by atoms with E-state index in [2.05, 4.69) is 53.0 Å². The summed E-state index contributed by atoms with van der Waals surface area (Å²) in [5.41, 5.74) is 6.35. The Morgan fingerprint density at radius 2 is 1.86 bits per heavy atom. The van der Waals surface area contributed by atoms with Gasteiger partial charge in [-0.25, -0.2) is 0 Å². The van der Waals surface area contributed by atoms with Gasteiger partial charge in [0.2, 0.25) is 0 Å². The first kappa shape index (κ1) is 25.9. The van der Waals surface area contributed by atoms with Crippen LogP contribution in [-0.2, 0) is 6.54 Å². The van der Waals surface area contributed by atoms with Crippen molar-refractivity contribution in [2.24, 2.45) is 0 Å². The zero-order valence-corrected chi connectivity index (χ0v) is 23.3. The smallest absolute Gasteiger partial charge is 0.139 e. The summed E-state index contributed by atoms with van der Waals surface area (Å²) in [5.74, 6) is 1.75. The molecule has 0 amide bonds. The lowest BCUT2D eigenvalue weighted by Crippen LogP contribution is -2.56. The lowest BCUT2D eigenvalue weighted by atomic mass is 9.86. The molecule has 0 unspecified atom stereocenters. The number of piperazine rings is 1. The van der Waals surface area contributed by atoms with Crippen molar-refractivity contribution >= 4 is 17.3 Å². The minimum atomic E-state index is 0.469. The third-order valence-electron chi connectivity index (χ3n) is 8.14. The Kier molecular flexibility index (Phi) is 7.96. The highest BCUT2D eigenvalue weighted by Gasteiger charge is 2.36. The number of piperidine rings is 1. The van der Waals surface area contributed by atoms with E-state index in [1.54, 1.807) is 7.11 Å². The van der Waals surface area contributed by atoms with Crippen LogP contribution in [0.25, 0.3) is 0 Å². The molecule has 2 aliphatic heterocycles. The molecule has 0 saturated carbocycles. The van der Waals surface area contributed by atoms with E-state index in [0.717, 1.165) is 49.8 Å². The van der Waals surface area contributed by atoms with Gasteiger partial charge in [0.15, 0.2) is 0 Å². The molecule has 0 bridgehead atoms. The minimum Gasteiger partial charge on any atom is -0.495 e. The van der Waals surface area contributed by atoms with Crippen LogP contribution in [0.5, 0.6) is 11.5 Å². The summed E-state index contributed by atoms with van der Waals surface area (Å²) in [6, 6.07) is 13.7. The molecule has 5 rings (SSSR count). The molecular formula is C30H39ClN4O2. The van der Waals surface area contributed by atoms with Crippen LogP contribution in [0.1, 0.15) is 54.1 Å². The predicted molar refractivity (Wildman–Crippen MR) is 150 cm³/mol. The maximum absolute atomic E-state index is 6.27. The standard InChI is InChI=1S/C30H39ClN4O2/c1-21-13-15-34(32-21)14-6-18-37-29-12-10-26(22(2)23(29)3)28-8-5-7-25-20-33(16-17-35(25)28)24-9-11-27(31)30(19-24)36-4/h9-13,15,19,25,28H,5-8,14,16-18,20H2,1-4H3/t25-,28+/m0/s1. The molecule has 0 radical (unpaired) electrons. The number of anilines is 1. The molecule has 3 aromatic rings. The summed E-state index contributed by atoms with van der Waals surface area (Å²) >= 11 is 6.27. The Balaban J connectivity index is 1.23. The van der Waals surface area contributed by atoms with Crippen molar-refractivity contribution in [1.29, 1.82) is 0 Å². The summed E-state index contributed by atoms with van der Waals surface area (Å²) in [7, 11) is 1.68. The van der Waals surface area contributed by atoms with E-state index in [1.165, 1.54) is 41.6 Å². The first-order chi connectivity index (χ1) is 17.9. The van der Waals surface area contributed by atoms with Crippen LogP contribution in [0.4, 0.5) is 5.69 Å². The number of aromatic nitrogens is 2. The first-order valence-electron chi connectivity index (χ1n) is 13.5. The van der Waals surface area contributed by atoms with Crippen LogP contribution in [0.15, 0.2) is 42.6 Å². The molecular weight excluding hydrogens is 484 g/mol. The van der Waals surface area contributed by atoms with Crippen LogP contribution >= 0.6 is 11.6 Å². The van der Waals surface area contributed by atoms with Crippen LogP contribution in [0, 0.1) is 20.8 Å². The average molecular weight is 523 g/mol. The third-order valence-corrected chi connectivity index (χ3v) is 8.46. The quantitative estimate of drug-likeness (QED) is 0.322. The number of methoxy groups -OCH3 is 1. The number of fused-ring (bicyclic) bond motifs is 1. The van der Waals surface area contributed by atoms with Gasteiger partial charge >= 0.3 is 0 Å². The molecule has 6 nitrogen and oxygen atoms in total. The molecule has 0 spiro atoms. The topological polar surface area (TPSA) is 42.8 Å². The summed E-state index contributed by atoms with van der Waals surface area (Å²) in [5, 5.41) is 5.12. The summed E-state index contributed by atoms with van der Waals surface area (Å²) in [6.45, 7) is 11.2. The fourth-order valence-corrected chi connectivity index (χ4v) is 6.19.